The number of aromatic nitrogens is 1. The number of halogens is 1. The molecule has 1 N–H and O–H groups in total. The largest absolute Gasteiger partial charge is 0.323 e. The van der Waals surface area contributed by atoms with E-state index in [0.29, 0.717) is 0 Å². The molecule has 0 saturated carbocycles. The number of amides is 1. The predicted molar refractivity (Wildman–Crippen MR) is 98.6 cm³/mol. The molecule has 0 aliphatic rings. The lowest BCUT2D eigenvalue weighted by Gasteiger charge is -2.02. The molecule has 0 bridgehead atoms. The molecule has 0 fully saturated rings. The Hall–Kier alpha value is -2.21. The van der Waals surface area contributed by atoms with E-state index in [1.54, 1.807) is 6.08 Å². The van der Waals surface area contributed by atoms with Crippen LogP contribution in [0.2, 0.25) is 0 Å². The molecule has 0 spiro atoms. The third-order valence-electron chi connectivity index (χ3n) is 3.14. The number of hydrogen-bond acceptors (Lipinski definition) is 2. The van der Waals surface area contributed by atoms with Crippen molar-refractivity contribution in [3.63, 3.8) is 0 Å². The summed E-state index contributed by atoms with van der Waals surface area (Å²) in [4.78, 5) is 16.4. The average molecular weight is 400 g/mol. The SMILES string of the molecule is O=C(C=Cc1ccc2ccccc2n1)Nc1ccc(I)cc1. The zero-order valence-corrected chi connectivity index (χ0v) is 13.8. The summed E-state index contributed by atoms with van der Waals surface area (Å²) in [7, 11) is 0. The maximum absolute atomic E-state index is 11.9. The summed E-state index contributed by atoms with van der Waals surface area (Å²) in [5.41, 5.74) is 2.46. The fraction of sp³-hybridized carbons (Fsp3) is 0. The van der Waals surface area contributed by atoms with Gasteiger partial charge in [-0.3, -0.25) is 4.79 Å². The Bertz CT molecular complexity index is 841. The lowest BCUT2D eigenvalue weighted by molar-refractivity contribution is -0.111. The standard InChI is InChI=1S/C18H13IN2O/c19-14-6-9-16(10-7-14)21-18(22)12-11-15-8-5-13-3-1-2-4-17(13)20-15/h1-12H,(H,21,22). The smallest absolute Gasteiger partial charge is 0.248 e. The zero-order chi connectivity index (χ0) is 15.4. The first-order valence-electron chi connectivity index (χ1n) is 6.81. The van der Waals surface area contributed by atoms with Crippen LogP contribution in [0.1, 0.15) is 5.69 Å². The summed E-state index contributed by atoms with van der Waals surface area (Å²) in [6.07, 6.45) is 3.21. The van der Waals surface area contributed by atoms with Gasteiger partial charge in [0, 0.05) is 20.7 Å². The number of pyridine rings is 1. The van der Waals surface area contributed by atoms with Crippen LogP contribution in [0.15, 0.2) is 66.7 Å². The lowest BCUT2D eigenvalue weighted by atomic mass is 10.2. The van der Waals surface area contributed by atoms with E-state index in [4.69, 9.17) is 0 Å². The highest BCUT2D eigenvalue weighted by molar-refractivity contribution is 14.1. The van der Waals surface area contributed by atoms with Gasteiger partial charge < -0.3 is 5.32 Å². The molecule has 0 saturated heterocycles. The first-order valence-corrected chi connectivity index (χ1v) is 7.89. The summed E-state index contributed by atoms with van der Waals surface area (Å²) < 4.78 is 1.13. The molecule has 0 aliphatic carbocycles. The first kappa shape index (κ1) is 14.7. The molecule has 1 heterocycles. The van der Waals surface area contributed by atoms with Crippen LogP contribution in [-0.4, -0.2) is 10.9 Å². The minimum Gasteiger partial charge on any atom is -0.323 e. The molecule has 3 aromatic rings. The first-order chi connectivity index (χ1) is 10.7. The van der Waals surface area contributed by atoms with E-state index in [1.165, 1.54) is 6.08 Å². The van der Waals surface area contributed by atoms with E-state index in [1.807, 2.05) is 60.7 Å². The Morgan fingerprint density at radius 2 is 1.77 bits per heavy atom. The highest BCUT2D eigenvalue weighted by Crippen LogP contribution is 2.13. The molecule has 0 aliphatic heterocycles. The van der Waals surface area contributed by atoms with Crippen molar-refractivity contribution in [3.05, 3.63) is 76.0 Å². The zero-order valence-electron chi connectivity index (χ0n) is 11.7. The molecule has 4 heteroatoms. The van der Waals surface area contributed by atoms with Gasteiger partial charge >= 0.3 is 0 Å². The lowest BCUT2D eigenvalue weighted by Crippen LogP contribution is -2.07. The maximum Gasteiger partial charge on any atom is 0.248 e. The molecule has 3 rings (SSSR count). The van der Waals surface area contributed by atoms with E-state index < -0.39 is 0 Å². The number of para-hydroxylation sites is 1. The Balaban J connectivity index is 1.71. The molecule has 3 nitrogen and oxygen atoms in total. The van der Waals surface area contributed by atoms with Crippen LogP contribution in [0.4, 0.5) is 5.69 Å². The Kier molecular flexibility index (Phi) is 4.48. The van der Waals surface area contributed by atoms with Gasteiger partial charge in [0.1, 0.15) is 0 Å². The van der Waals surface area contributed by atoms with Crippen molar-refractivity contribution in [1.29, 1.82) is 0 Å². The Labute approximate surface area is 142 Å². The number of hydrogen-bond donors (Lipinski definition) is 1. The summed E-state index contributed by atoms with van der Waals surface area (Å²) in [5, 5.41) is 3.91. The summed E-state index contributed by atoms with van der Waals surface area (Å²) >= 11 is 2.23. The number of nitrogens with zero attached hydrogens (tertiary/aromatic N) is 1. The minimum absolute atomic E-state index is 0.170. The fourth-order valence-electron chi connectivity index (χ4n) is 2.05. The minimum atomic E-state index is -0.170. The van der Waals surface area contributed by atoms with E-state index in [0.717, 1.165) is 25.9 Å². The van der Waals surface area contributed by atoms with E-state index in [2.05, 4.69) is 32.9 Å². The second-order valence-corrected chi connectivity index (χ2v) is 6.00. The third kappa shape index (κ3) is 3.71. The van der Waals surface area contributed by atoms with Crippen LogP contribution in [0.25, 0.3) is 17.0 Å². The molecule has 0 radical (unpaired) electrons. The van der Waals surface area contributed by atoms with Crippen molar-refractivity contribution in [1.82, 2.24) is 4.98 Å². The normalized spacial score (nSPS) is 11.0. The van der Waals surface area contributed by atoms with Crippen molar-refractivity contribution in [2.75, 3.05) is 5.32 Å². The number of nitrogens with one attached hydrogen (secondary N) is 1. The fourth-order valence-corrected chi connectivity index (χ4v) is 2.41. The third-order valence-corrected chi connectivity index (χ3v) is 3.86. The number of carbonyl (C=O) groups excluding carboxylic acids is 1. The van der Waals surface area contributed by atoms with Crippen LogP contribution in [0, 0.1) is 3.57 Å². The summed E-state index contributed by atoms with van der Waals surface area (Å²) in [6, 6.07) is 19.5. The van der Waals surface area contributed by atoms with Crippen LogP contribution in [-0.2, 0) is 4.79 Å². The van der Waals surface area contributed by atoms with Gasteiger partial charge in [-0.2, -0.15) is 0 Å². The van der Waals surface area contributed by atoms with Gasteiger partial charge in [-0.05, 0) is 65.1 Å². The van der Waals surface area contributed by atoms with Gasteiger partial charge in [0.2, 0.25) is 5.91 Å². The molecular formula is C18H13IN2O. The topological polar surface area (TPSA) is 42.0 Å². The van der Waals surface area contributed by atoms with E-state index in [9.17, 15) is 4.79 Å². The molecular weight excluding hydrogens is 387 g/mol. The van der Waals surface area contributed by atoms with Gasteiger partial charge in [0.15, 0.2) is 0 Å². The van der Waals surface area contributed by atoms with E-state index >= 15 is 0 Å². The van der Waals surface area contributed by atoms with Crippen LogP contribution in [0.5, 0.6) is 0 Å². The molecule has 1 amide bonds. The van der Waals surface area contributed by atoms with Gasteiger partial charge in [-0.25, -0.2) is 4.98 Å². The number of rotatable bonds is 3. The number of carbonyl (C=O) groups is 1. The quantitative estimate of drug-likeness (QED) is 0.520. The molecule has 2 aromatic carbocycles. The van der Waals surface area contributed by atoms with Crippen molar-refractivity contribution in [2.45, 2.75) is 0 Å². The van der Waals surface area contributed by atoms with Gasteiger partial charge in [0.25, 0.3) is 0 Å². The van der Waals surface area contributed by atoms with Crippen molar-refractivity contribution in [2.24, 2.45) is 0 Å². The maximum atomic E-state index is 11.9. The Morgan fingerprint density at radius 1 is 1.00 bits per heavy atom. The number of fused-ring (bicyclic) bond motifs is 1. The average Bonchev–Trinajstić information content (AvgIpc) is 2.55. The van der Waals surface area contributed by atoms with Gasteiger partial charge in [-0.1, -0.05) is 24.3 Å². The molecule has 0 atom stereocenters. The highest BCUT2D eigenvalue weighted by atomic mass is 127. The van der Waals surface area contributed by atoms with Crippen LogP contribution in [0.3, 0.4) is 0 Å². The summed E-state index contributed by atoms with van der Waals surface area (Å²) in [6.45, 7) is 0. The van der Waals surface area contributed by atoms with Crippen LogP contribution < -0.4 is 5.32 Å². The van der Waals surface area contributed by atoms with Crippen molar-refractivity contribution < 1.29 is 4.79 Å². The number of anilines is 1. The monoisotopic (exact) mass is 400 g/mol. The molecule has 1 aromatic heterocycles. The predicted octanol–water partition coefficient (Wildman–Crippen LogP) is 4.49. The van der Waals surface area contributed by atoms with Crippen LogP contribution >= 0.6 is 22.6 Å². The highest BCUT2D eigenvalue weighted by Gasteiger charge is 1.99. The number of benzene rings is 2. The molecule has 22 heavy (non-hydrogen) atoms. The molecule has 0 unspecified atom stereocenters. The second kappa shape index (κ2) is 6.70. The Morgan fingerprint density at radius 3 is 2.59 bits per heavy atom. The second-order valence-electron chi connectivity index (χ2n) is 4.76. The van der Waals surface area contributed by atoms with Gasteiger partial charge in [0.05, 0.1) is 11.2 Å². The molecule has 108 valence electrons. The summed E-state index contributed by atoms with van der Waals surface area (Å²) in [5.74, 6) is -0.170. The van der Waals surface area contributed by atoms with Crippen molar-refractivity contribution in [3.8, 4) is 0 Å². The van der Waals surface area contributed by atoms with Gasteiger partial charge in [-0.15, -0.1) is 0 Å². The van der Waals surface area contributed by atoms with E-state index in [-0.39, 0.29) is 5.91 Å². The van der Waals surface area contributed by atoms with Crippen molar-refractivity contribution >= 4 is 51.2 Å².